The average Bonchev–Trinajstić information content (AvgIpc) is 3.73. The number of hydrogen-bond donors (Lipinski definition) is 4. The van der Waals surface area contributed by atoms with Crippen molar-refractivity contribution in [3.8, 4) is 0 Å². The molecule has 0 aliphatic heterocycles. The van der Waals surface area contributed by atoms with E-state index in [0.29, 0.717) is 16.3 Å². The number of anilines is 4. The number of hydrogen-bond acceptors (Lipinski definition) is 11. The number of carbonyl (C=O) groups is 2. The van der Waals surface area contributed by atoms with Crippen molar-refractivity contribution >= 4 is 104 Å². The fourth-order valence-corrected chi connectivity index (χ4v) is 9.99. The highest BCUT2D eigenvalue weighted by Gasteiger charge is 2.31. The van der Waals surface area contributed by atoms with Crippen molar-refractivity contribution in [1.29, 1.82) is 0 Å². The molecule has 0 atom stereocenters. The summed E-state index contributed by atoms with van der Waals surface area (Å²) in [6.45, 7) is 0.0130. The minimum atomic E-state index is -4.77. The number of H-pyrrole nitrogens is 1. The predicted octanol–water partition coefficient (Wildman–Crippen LogP) is 8.85. The Kier molecular flexibility index (Phi) is 12.4. The van der Waals surface area contributed by atoms with Crippen LogP contribution in [0.4, 0.5) is 34.1 Å². The molecule has 0 spiro atoms. The Labute approximate surface area is 383 Å². The molecular formula is C45H33BrN8O10S2. The van der Waals surface area contributed by atoms with Crippen molar-refractivity contribution in [3.05, 3.63) is 193 Å². The number of non-ortho nitro benzene ring substituents is 2. The van der Waals surface area contributed by atoms with Gasteiger partial charge in [0.2, 0.25) is 10.0 Å². The molecule has 6 aromatic carbocycles. The number of para-hydroxylation sites is 2. The van der Waals surface area contributed by atoms with Crippen LogP contribution in [0.25, 0.3) is 21.8 Å². The third-order valence-corrected chi connectivity index (χ3v) is 13.9. The van der Waals surface area contributed by atoms with E-state index in [2.05, 4.69) is 40.7 Å². The van der Waals surface area contributed by atoms with E-state index in [4.69, 9.17) is 0 Å². The number of fused-ring (bicyclic) bond motifs is 2. The van der Waals surface area contributed by atoms with Gasteiger partial charge in [-0.3, -0.25) is 44.4 Å². The molecule has 21 heteroatoms. The molecule has 0 saturated heterocycles. The molecule has 0 unspecified atom stereocenters. The van der Waals surface area contributed by atoms with Gasteiger partial charge in [0, 0.05) is 69.5 Å². The van der Waals surface area contributed by atoms with Crippen molar-refractivity contribution in [1.82, 2.24) is 14.7 Å². The van der Waals surface area contributed by atoms with Gasteiger partial charge in [-0.1, -0.05) is 64.5 Å². The summed E-state index contributed by atoms with van der Waals surface area (Å²) >= 11 is 3.44. The number of amides is 2. The van der Waals surface area contributed by atoms with Crippen LogP contribution in [0.5, 0.6) is 0 Å². The number of carbonyl (C=O) groups excluding carboxylic acids is 2. The molecule has 2 amide bonds. The number of sulfonamides is 2. The number of benzene rings is 6. The van der Waals surface area contributed by atoms with E-state index in [1.54, 1.807) is 24.4 Å². The van der Waals surface area contributed by atoms with Crippen LogP contribution in [0, 0.1) is 20.2 Å². The van der Waals surface area contributed by atoms with Crippen LogP contribution in [0.15, 0.2) is 166 Å². The standard InChI is InChI=1S/C45H33BrN8O10S2/c46-38-19-20-40(42-36(38)16-7-22-47-42)51-66(63,64)41-18-6-15-37(45(56)52(30-9-4-11-32(25-30)53(57)58)31-10-5-12-33(26-31)54(59)60)43(41)50-44(55)28-8-3-13-34(24-28)65(61,62)49-23-21-29-27-48-39-17-2-1-14-35(29)39/h1-20,22,24-27,48-49,51H,21,23H2,(H,50,55). The van der Waals surface area contributed by atoms with Gasteiger partial charge in [0.05, 0.1) is 48.6 Å². The average molecular weight is 990 g/mol. The van der Waals surface area contributed by atoms with Gasteiger partial charge in [0.25, 0.3) is 33.2 Å². The molecule has 0 fully saturated rings. The molecule has 66 heavy (non-hydrogen) atoms. The Morgan fingerprint density at radius 3 is 2.11 bits per heavy atom. The number of nitrogens with zero attached hydrogens (tertiary/aromatic N) is 4. The van der Waals surface area contributed by atoms with Gasteiger partial charge in [-0.05, 0) is 78.7 Å². The van der Waals surface area contributed by atoms with Crippen molar-refractivity contribution < 1.29 is 36.3 Å². The van der Waals surface area contributed by atoms with Crippen LogP contribution < -0.4 is 19.7 Å². The number of pyridine rings is 1. The molecule has 4 N–H and O–H groups in total. The number of halogens is 1. The van der Waals surface area contributed by atoms with Gasteiger partial charge < -0.3 is 10.3 Å². The first kappa shape index (κ1) is 44.7. The van der Waals surface area contributed by atoms with Gasteiger partial charge in [-0.15, -0.1) is 0 Å². The highest BCUT2D eigenvalue weighted by atomic mass is 79.9. The van der Waals surface area contributed by atoms with Gasteiger partial charge in [-0.25, -0.2) is 21.6 Å². The lowest BCUT2D eigenvalue weighted by Crippen LogP contribution is -2.29. The van der Waals surface area contributed by atoms with Gasteiger partial charge in [0.1, 0.15) is 4.90 Å². The van der Waals surface area contributed by atoms with Crippen LogP contribution >= 0.6 is 15.9 Å². The number of aromatic amines is 1. The third-order valence-electron chi connectivity index (χ3n) is 10.3. The third kappa shape index (κ3) is 9.21. The zero-order chi connectivity index (χ0) is 46.8. The Morgan fingerprint density at radius 1 is 0.727 bits per heavy atom. The Hall–Kier alpha value is -7.85. The van der Waals surface area contributed by atoms with Crippen molar-refractivity contribution in [3.63, 3.8) is 0 Å². The van der Waals surface area contributed by atoms with Crippen LogP contribution in [-0.4, -0.2) is 55.0 Å². The minimum absolute atomic E-state index is 0.0130. The molecule has 8 rings (SSSR count). The van der Waals surface area contributed by atoms with E-state index in [1.807, 2.05) is 24.3 Å². The highest BCUT2D eigenvalue weighted by molar-refractivity contribution is 9.10. The molecule has 18 nitrogen and oxygen atoms in total. The molecule has 2 heterocycles. The van der Waals surface area contributed by atoms with Crippen molar-refractivity contribution in [2.24, 2.45) is 0 Å². The Bertz CT molecular complexity index is 3440. The summed E-state index contributed by atoms with van der Waals surface area (Å²) in [6, 6.07) is 32.1. The molecule has 0 saturated carbocycles. The second-order valence-corrected chi connectivity index (χ2v) is 18.7. The molecule has 8 aromatic rings. The van der Waals surface area contributed by atoms with Crippen molar-refractivity contribution in [2.45, 2.75) is 16.2 Å². The molecule has 0 bridgehead atoms. The Morgan fingerprint density at radius 2 is 1.39 bits per heavy atom. The zero-order valence-corrected chi connectivity index (χ0v) is 37.1. The lowest BCUT2D eigenvalue weighted by atomic mass is 10.1. The maximum atomic E-state index is 15.1. The topological polar surface area (TPSA) is 257 Å². The lowest BCUT2D eigenvalue weighted by molar-refractivity contribution is -0.384. The molecule has 2 aromatic heterocycles. The van der Waals surface area contributed by atoms with E-state index in [0.717, 1.165) is 45.6 Å². The maximum Gasteiger partial charge on any atom is 0.271 e. The van der Waals surface area contributed by atoms with Gasteiger partial charge >= 0.3 is 0 Å². The maximum absolute atomic E-state index is 15.1. The quantitative estimate of drug-likeness (QED) is 0.0557. The van der Waals surface area contributed by atoms with Gasteiger partial charge in [0.15, 0.2) is 0 Å². The van der Waals surface area contributed by atoms with E-state index in [-0.39, 0.29) is 39.6 Å². The normalized spacial score (nSPS) is 11.6. The zero-order valence-electron chi connectivity index (χ0n) is 33.9. The van der Waals surface area contributed by atoms with Crippen LogP contribution in [-0.2, 0) is 26.5 Å². The number of nitro groups is 2. The molecule has 0 aliphatic rings. The second kappa shape index (κ2) is 18.3. The molecule has 0 aliphatic carbocycles. The smallest absolute Gasteiger partial charge is 0.271 e. The van der Waals surface area contributed by atoms with E-state index in [1.165, 1.54) is 79.0 Å². The summed E-state index contributed by atoms with van der Waals surface area (Å²) in [5.74, 6) is -2.11. The van der Waals surface area contributed by atoms with Gasteiger partial charge in [-0.2, -0.15) is 0 Å². The number of nitro benzene ring substituents is 2. The Balaban J connectivity index is 1.20. The van der Waals surface area contributed by atoms with Crippen LogP contribution in [0.2, 0.25) is 0 Å². The summed E-state index contributed by atoms with van der Waals surface area (Å²) in [5.41, 5.74) is -0.405. The summed E-state index contributed by atoms with van der Waals surface area (Å²) in [5, 5.41) is 27.8. The summed E-state index contributed by atoms with van der Waals surface area (Å²) in [4.78, 5) is 59.2. The summed E-state index contributed by atoms with van der Waals surface area (Å²) < 4.78 is 61.9. The molecule has 0 radical (unpaired) electrons. The number of rotatable bonds is 15. The first-order valence-corrected chi connectivity index (χ1v) is 23.4. The van der Waals surface area contributed by atoms with E-state index >= 15 is 4.79 Å². The monoisotopic (exact) mass is 988 g/mol. The second-order valence-electron chi connectivity index (χ2n) is 14.5. The molecule has 332 valence electrons. The SMILES string of the molecule is O=C(Nc1c(C(=O)N(c2cccc([N+](=O)[O-])c2)c2cccc([N+](=O)[O-])c2)cccc1S(=O)(=O)Nc1ccc(Br)c2cccnc12)c1cccc(S(=O)(=O)NCCc2c[nH]c3ccccc23)c1. The van der Waals surface area contributed by atoms with E-state index < -0.39 is 69.2 Å². The molecular weight excluding hydrogens is 957 g/mol. The largest absolute Gasteiger partial charge is 0.361 e. The predicted molar refractivity (Wildman–Crippen MR) is 251 cm³/mol. The fraction of sp³-hybridized carbons (Fsp3) is 0.0444. The minimum Gasteiger partial charge on any atom is -0.361 e. The van der Waals surface area contributed by atoms with Crippen molar-refractivity contribution in [2.75, 3.05) is 21.5 Å². The number of aromatic nitrogens is 2. The number of nitrogens with one attached hydrogen (secondary N) is 4. The van der Waals surface area contributed by atoms with E-state index in [9.17, 15) is 41.9 Å². The highest BCUT2D eigenvalue weighted by Crippen LogP contribution is 2.37. The lowest BCUT2D eigenvalue weighted by Gasteiger charge is -2.25. The van der Waals surface area contributed by atoms with Crippen LogP contribution in [0.1, 0.15) is 26.3 Å². The summed E-state index contributed by atoms with van der Waals surface area (Å²) in [6.07, 6.45) is 3.60. The summed E-state index contributed by atoms with van der Waals surface area (Å²) in [7, 11) is -8.98. The first-order valence-electron chi connectivity index (χ1n) is 19.6. The fourth-order valence-electron chi connectivity index (χ4n) is 7.21. The first-order chi connectivity index (χ1) is 31.6. The van der Waals surface area contributed by atoms with Crippen LogP contribution in [0.3, 0.4) is 0 Å².